The lowest BCUT2D eigenvalue weighted by Crippen LogP contribution is -2.17. The summed E-state index contributed by atoms with van der Waals surface area (Å²) in [5.41, 5.74) is 1.07. The highest BCUT2D eigenvalue weighted by atomic mass is 32.2. The van der Waals surface area contributed by atoms with Crippen molar-refractivity contribution in [2.24, 2.45) is 0 Å². The number of halogens is 1. The highest BCUT2D eigenvalue weighted by molar-refractivity contribution is 7.99. The van der Waals surface area contributed by atoms with E-state index in [0.717, 1.165) is 17.3 Å². The summed E-state index contributed by atoms with van der Waals surface area (Å²) in [5, 5.41) is 10.6. The molecule has 2 aromatic carbocycles. The zero-order valence-corrected chi connectivity index (χ0v) is 14.9. The molecule has 136 valence electrons. The Kier molecular flexibility index (Phi) is 6.11. The van der Waals surface area contributed by atoms with Crippen LogP contribution in [-0.2, 0) is 4.79 Å². The number of hydrogen-bond donors (Lipinski definition) is 2. The predicted octanol–water partition coefficient (Wildman–Crippen LogP) is 3.21. The smallest absolute Gasteiger partial charge is 0.277 e. The van der Waals surface area contributed by atoms with Gasteiger partial charge in [-0.3, -0.25) is 14.6 Å². The highest BCUT2D eigenvalue weighted by Crippen LogP contribution is 2.13. The fourth-order valence-corrected chi connectivity index (χ4v) is 2.74. The molecule has 0 unspecified atom stereocenters. The SMILES string of the molecule is O=C(CSc1nnc(/C=C/c2ccccc2)c(=O)[nH]1)Nc1cccc(F)c1. The minimum atomic E-state index is -0.435. The molecule has 0 aliphatic heterocycles. The van der Waals surface area contributed by atoms with Crippen LogP contribution in [0.25, 0.3) is 12.2 Å². The Morgan fingerprint density at radius 2 is 1.93 bits per heavy atom. The first kappa shape index (κ1) is 18.5. The van der Waals surface area contributed by atoms with Crippen LogP contribution >= 0.6 is 11.8 Å². The third kappa shape index (κ3) is 5.61. The second-order valence-corrected chi connectivity index (χ2v) is 6.40. The second kappa shape index (κ2) is 8.91. The summed E-state index contributed by atoms with van der Waals surface area (Å²) in [4.78, 5) is 26.6. The van der Waals surface area contributed by atoms with E-state index >= 15 is 0 Å². The number of nitrogens with zero attached hydrogens (tertiary/aromatic N) is 2. The molecule has 0 saturated heterocycles. The average molecular weight is 382 g/mol. The van der Waals surface area contributed by atoms with Gasteiger partial charge in [0.1, 0.15) is 5.82 Å². The van der Waals surface area contributed by atoms with Crippen LogP contribution in [0.4, 0.5) is 10.1 Å². The lowest BCUT2D eigenvalue weighted by atomic mass is 10.2. The van der Waals surface area contributed by atoms with E-state index in [1.54, 1.807) is 18.2 Å². The van der Waals surface area contributed by atoms with Gasteiger partial charge in [-0.25, -0.2) is 4.39 Å². The molecule has 0 bridgehead atoms. The van der Waals surface area contributed by atoms with Gasteiger partial charge in [0, 0.05) is 5.69 Å². The Balaban J connectivity index is 1.58. The molecule has 0 atom stereocenters. The summed E-state index contributed by atoms with van der Waals surface area (Å²) in [6.45, 7) is 0. The molecule has 0 aliphatic carbocycles. The zero-order chi connectivity index (χ0) is 19.1. The Morgan fingerprint density at radius 1 is 1.11 bits per heavy atom. The first-order valence-electron chi connectivity index (χ1n) is 7.98. The Hall–Kier alpha value is -3.26. The molecule has 0 radical (unpaired) electrons. The van der Waals surface area contributed by atoms with E-state index < -0.39 is 11.4 Å². The maximum atomic E-state index is 13.1. The lowest BCUT2D eigenvalue weighted by Gasteiger charge is -2.04. The summed E-state index contributed by atoms with van der Waals surface area (Å²) in [6, 6.07) is 15.1. The van der Waals surface area contributed by atoms with Gasteiger partial charge >= 0.3 is 0 Å². The van der Waals surface area contributed by atoms with Crippen molar-refractivity contribution in [2.45, 2.75) is 5.16 Å². The number of amides is 1. The normalized spacial score (nSPS) is 10.9. The van der Waals surface area contributed by atoms with Gasteiger partial charge in [0.15, 0.2) is 10.9 Å². The van der Waals surface area contributed by atoms with Crippen molar-refractivity contribution in [3.8, 4) is 0 Å². The minimum Gasteiger partial charge on any atom is -0.325 e. The van der Waals surface area contributed by atoms with Crippen LogP contribution in [0.3, 0.4) is 0 Å². The number of carbonyl (C=O) groups excluding carboxylic acids is 1. The monoisotopic (exact) mass is 382 g/mol. The second-order valence-electron chi connectivity index (χ2n) is 5.44. The molecule has 6 nitrogen and oxygen atoms in total. The Morgan fingerprint density at radius 3 is 2.67 bits per heavy atom. The van der Waals surface area contributed by atoms with Gasteiger partial charge in [-0.1, -0.05) is 54.2 Å². The molecule has 3 aromatic rings. The molecule has 1 heterocycles. The van der Waals surface area contributed by atoms with Gasteiger partial charge in [-0.2, -0.15) is 0 Å². The molecule has 8 heteroatoms. The maximum Gasteiger partial charge on any atom is 0.277 e. The van der Waals surface area contributed by atoms with Crippen LogP contribution in [-0.4, -0.2) is 26.8 Å². The summed E-state index contributed by atoms with van der Waals surface area (Å²) in [6.07, 6.45) is 3.34. The first-order valence-corrected chi connectivity index (χ1v) is 8.97. The van der Waals surface area contributed by atoms with E-state index in [0.29, 0.717) is 5.69 Å². The van der Waals surface area contributed by atoms with Gasteiger partial charge < -0.3 is 5.32 Å². The average Bonchev–Trinajstić information content (AvgIpc) is 2.66. The summed E-state index contributed by atoms with van der Waals surface area (Å²) in [7, 11) is 0. The number of thioether (sulfide) groups is 1. The van der Waals surface area contributed by atoms with Crippen LogP contribution in [0, 0.1) is 5.82 Å². The van der Waals surface area contributed by atoms with Crippen molar-refractivity contribution < 1.29 is 9.18 Å². The summed E-state index contributed by atoms with van der Waals surface area (Å²) < 4.78 is 13.1. The number of nitrogens with one attached hydrogen (secondary N) is 2. The van der Waals surface area contributed by atoms with Crippen molar-refractivity contribution in [3.63, 3.8) is 0 Å². The molecular weight excluding hydrogens is 367 g/mol. The van der Waals surface area contributed by atoms with E-state index in [1.165, 1.54) is 18.2 Å². The standard InChI is InChI=1S/C19H15FN4O2S/c20-14-7-4-8-15(11-14)21-17(25)12-27-19-22-18(26)16(23-24-19)10-9-13-5-2-1-3-6-13/h1-11H,12H2,(H,21,25)(H,22,24,26)/b10-9+. The van der Waals surface area contributed by atoms with Crippen LogP contribution < -0.4 is 10.9 Å². The molecule has 1 amide bonds. The molecule has 0 fully saturated rings. The van der Waals surface area contributed by atoms with Crippen LogP contribution in [0.15, 0.2) is 64.5 Å². The zero-order valence-electron chi connectivity index (χ0n) is 14.1. The Bertz CT molecular complexity index is 1020. The summed E-state index contributed by atoms with van der Waals surface area (Å²) in [5.74, 6) is -0.781. The lowest BCUT2D eigenvalue weighted by molar-refractivity contribution is -0.113. The van der Waals surface area contributed by atoms with Crippen molar-refractivity contribution in [2.75, 3.05) is 11.1 Å². The number of H-pyrrole nitrogens is 1. The molecule has 0 aliphatic rings. The number of carbonyl (C=O) groups is 1. The molecule has 0 saturated carbocycles. The van der Waals surface area contributed by atoms with E-state index in [1.807, 2.05) is 30.3 Å². The van der Waals surface area contributed by atoms with E-state index in [2.05, 4.69) is 20.5 Å². The quantitative estimate of drug-likeness (QED) is 0.639. The topological polar surface area (TPSA) is 87.7 Å². The van der Waals surface area contributed by atoms with E-state index in [4.69, 9.17) is 0 Å². The molecule has 3 rings (SSSR count). The number of aromatic nitrogens is 3. The van der Waals surface area contributed by atoms with Crippen LogP contribution in [0.5, 0.6) is 0 Å². The number of rotatable bonds is 6. The maximum absolute atomic E-state index is 13.1. The van der Waals surface area contributed by atoms with Gasteiger partial charge in [0.25, 0.3) is 5.56 Å². The van der Waals surface area contributed by atoms with Crippen LogP contribution in [0.1, 0.15) is 11.3 Å². The largest absolute Gasteiger partial charge is 0.325 e. The fourth-order valence-electron chi connectivity index (χ4n) is 2.14. The number of anilines is 1. The van der Waals surface area contributed by atoms with Gasteiger partial charge in [-0.05, 0) is 29.8 Å². The number of hydrogen-bond acceptors (Lipinski definition) is 5. The van der Waals surface area contributed by atoms with Crippen molar-refractivity contribution >= 4 is 35.5 Å². The summed E-state index contributed by atoms with van der Waals surface area (Å²) >= 11 is 1.03. The van der Waals surface area contributed by atoms with Crippen molar-refractivity contribution in [1.29, 1.82) is 0 Å². The van der Waals surface area contributed by atoms with Gasteiger partial charge in [0.05, 0.1) is 5.75 Å². The highest BCUT2D eigenvalue weighted by Gasteiger charge is 2.07. The van der Waals surface area contributed by atoms with E-state index in [-0.39, 0.29) is 22.5 Å². The molecule has 27 heavy (non-hydrogen) atoms. The number of aromatic amines is 1. The first-order chi connectivity index (χ1) is 13.1. The molecule has 0 spiro atoms. The molecule has 1 aromatic heterocycles. The van der Waals surface area contributed by atoms with Gasteiger partial charge in [-0.15, -0.1) is 10.2 Å². The Labute approximate surface area is 158 Å². The third-order valence-electron chi connectivity index (χ3n) is 3.38. The van der Waals surface area contributed by atoms with Gasteiger partial charge in [0.2, 0.25) is 5.91 Å². The predicted molar refractivity (Wildman–Crippen MR) is 104 cm³/mol. The number of benzene rings is 2. The minimum absolute atomic E-state index is 0.000332. The van der Waals surface area contributed by atoms with Crippen molar-refractivity contribution in [3.05, 3.63) is 82.0 Å². The fraction of sp³-hybridized carbons (Fsp3) is 0.0526. The van der Waals surface area contributed by atoms with E-state index in [9.17, 15) is 14.0 Å². The molecule has 2 N–H and O–H groups in total. The molecular formula is C19H15FN4O2S. The van der Waals surface area contributed by atoms with Crippen molar-refractivity contribution in [1.82, 2.24) is 15.2 Å². The van der Waals surface area contributed by atoms with Crippen LogP contribution in [0.2, 0.25) is 0 Å². The third-order valence-corrected chi connectivity index (χ3v) is 4.25.